The summed E-state index contributed by atoms with van der Waals surface area (Å²) in [5, 5.41) is 23.5. The van der Waals surface area contributed by atoms with E-state index in [9.17, 15) is 4.79 Å². The van der Waals surface area contributed by atoms with E-state index in [0.717, 1.165) is 0 Å². The molecule has 0 aromatic carbocycles. The molecule has 0 heterocycles. The van der Waals surface area contributed by atoms with Gasteiger partial charge in [-0.1, -0.05) is 13.8 Å². The first-order valence-corrected chi connectivity index (χ1v) is 5.17. The molecule has 0 saturated carbocycles. The quantitative estimate of drug-likeness (QED) is 0.446. The zero-order chi connectivity index (χ0) is 11.9. The van der Waals surface area contributed by atoms with Crippen molar-refractivity contribution in [3.8, 4) is 0 Å². The predicted molar refractivity (Wildman–Crippen MR) is 58.4 cm³/mol. The van der Waals surface area contributed by atoms with Gasteiger partial charge in [-0.3, -0.25) is 10.1 Å². The minimum absolute atomic E-state index is 0.102. The van der Waals surface area contributed by atoms with Gasteiger partial charge < -0.3 is 15.5 Å². The summed E-state index contributed by atoms with van der Waals surface area (Å²) in [4.78, 5) is 11.3. The lowest BCUT2D eigenvalue weighted by molar-refractivity contribution is -0.120. The normalized spacial score (nSPS) is 11.9. The minimum Gasteiger partial charge on any atom is -0.394 e. The molecule has 0 radical (unpaired) electrons. The van der Waals surface area contributed by atoms with E-state index in [4.69, 9.17) is 10.2 Å². The zero-order valence-corrected chi connectivity index (χ0v) is 9.71. The summed E-state index contributed by atoms with van der Waals surface area (Å²) in [7, 11) is 0. The highest BCUT2D eigenvalue weighted by Crippen LogP contribution is 1.99. The summed E-state index contributed by atoms with van der Waals surface area (Å²) < 4.78 is 0. The number of nitrogens with one attached hydrogen (secondary N) is 2. The molecule has 4 N–H and O–H groups in total. The highest BCUT2D eigenvalue weighted by atomic mass is 16.3. The number of hydrogen-bond donors (Lipinski definition) is 4. The average molecular weight is 218 g/mol. The summed E-state index contributed by atoms with van der Waals surface area (Å²) in [6.45, 7) is 6.00. The molecule has 5 heteroatoms. The number of rotatable bonds is 7. The van der Waals surface area contributed by atoms with Crippen LogP contribution in [0, 0.1) is 5.92 Å². The Bertz CT molecular complexity index is 191. The molecule has 90 valence electrons. The fraction of sp³-hybridized carbons (Fsp3) is 0.900. The topological polar surface area (TPSA) is 81.6 Å². The number of amides is 1. The van der Waals surface area contributed by atoms with E-state index in [1.165, 1.54) is 0 Å². The van der Waals surface area contributed by atoms with Crippen molar-refractivity contribution in [3.63, 3.8) is 0 Å². The van der Waals surface area contributed by atoms with Crippen LogP contribution in [0.1, 0.15) is 20.8 Å². The van der Waals surface area contributed by atoms with Crippen LogP contribution >= 0.6 is 0 Å². The smallest absolute Gasteiger partial charge is 0.233 e. The van der Waals surface area contributed by atoms with Crippen molar-refractivity contribution < 1.29 is 15.0 Å². The van der Waals surface area contributed by atoms with Gasteiger partial charge in [0.15, 0.2) is 0 Å². The van der Waals surface area contributed by atoms with Crippen molar-refractivity contribution in [2.45, 2.75) is 26.3 Å². The molecule has 0 aromatic heterocycles. The van der Waals surface area contributed by atoms with E-state index in [0.29, 0.717) is 12.5 Å². The maximum Gasteiger partial charge on any atom is 0.233 e. The first-order valence-electron chi connectivity index (χ1n) is 5.17. The standard InChI is InChI=1S/C10H22N2O3/c1-8(2)4-11-9(15)5-12-10(3,6-13)7-14/h8,12-14H,4-7H2,1-3H3,(H,11,15). The molecule has 0 aliphatic heterocycles. The van der Waals surface area contributed by atoms with Crippen LogP contribution in [-0.2, 0) is 4.79 Å². The fourth-order valence-electron chi connectivity index (χ4n) is 0.836. The molecule has 15 heavy (non-hydrogen) atoms. The fourth-order valence-corrected chi connectivity index (χ4v) is 0.836. The Balaban J connectivity index is 3.79. The van der Waals surface area contributed by atoms with Crippen molar-refractivity contribution >= 4 is 5.91 Å². The molecule has 0 unspecified atom stereocenters. The van der Waals surface area contributed by atoms with E-state index in [1.807, 2.05) is 13.8 Å². The van der Waals surface area contributed by atoms with Crippen molar-refractivity contribution in [1.29, 1.82) is 0 Å². The van der Waals surface area contributed by atoms with E-state index >= 15 is 0 Å². The summed E-state index contributed by atoms with van der Waals surface area (Å²) in [5.41, 5.74) is -0.796. The van der Waals surface area contributed by atoms with Gasteiger partial charge in [0.1, 0.15) is 0 Å². The number of aliphatic hydroxyl groups is 2. The maximum absolute atomic E-state index is 11.3. The molecule has 1 amide bonds. The predicted octanol–water partition coefficient (Wildman–Crippen LogP) is -0.908. The number of aliphatic hydroxyl groups excluding tert-OH is 2. The lowest BCUT2D eigenvalue weighted by atomic mass is 10.1. The van der Waals surface area contributed by atoms with Gasteiger partial charge in [-0.25, -0.2) is 0 Å². The van der Waals surface area contributed by atoms with Gasteiger partial charge in [-0.2, -0.15) is 0 Å². The van der Waals surface area contributed by atoms with E-state index in [2.05, 4.69) is 10.6 Å². The molecular weight excluding hydrogens is 196 g/mol. The minimum atomic E-state index is -0.796. The molecule has 0 bridgehead atoms. The van der Waals surface area contributed by atoms with E-state index in [-0.39, 0.29) is 25.7 Å². The van der Waals surface area contributed by atoms with Crippen molar-refractivity contribution in [2.24, 2.45) is 5.92 Å². The summed E-state index contributed by atoms with van der Waals surface area (Å²) in [6.07, 6.45) is 0. The van der Waals surface area contributed by atoms with Crippen molar-refractivity contribution in [2.75, 3.05) is 26.3 Å². The zero-order valence-electron chi connectivity index (χ0n) is 9.71. The SMILES string of the molecule is CC(C)CNC(=O)CNC(C)(CO)CO. The van der Waals surface area contributed by atoms with E-state index < -0.39 is 5.54 Å². The third-order valence-corrected chi connectivity index (χ3v) is 2.08. The van der Waals surface area contributed by atoms with Crippen molar-refractivity contribution in [1.82, 2.24) is 10.6 Å². The van der Waals surface area contributed by atoms with Gasteiger partial charge in [0.05, 0.1) is 25.3 Å². The summed E-state index contributed by atoms with van der Waals surface area (Å²) >= 11 is 0. The molecule has 0 spiro atoms. The van der Waals surface area contributed by atoms with Crippen molar-refractivity contribution in [3.05, 3.63) is 0 Å². The molecule has 0 atom stereocenters. The van der Waals surface area contributed by atoms with Gasteiger partial charge in [0, 0.05) is 6.54 Å². The van der Waals surface area contributed by atoms with Crippen LogP contribution in [0.25, 0.3) is 0 Å². The Morgan fingerprint density at radius 3 is 2.27 bits per heavy atom. The maximum atomic E-state index is 11.3. The second kappa shape index (κ2) is 6.76. The van der Waals surface area contributed by atoms with Gasteiger partial charge in [0.2, 0.25) is 5.91 Å². The lowest BCUT2D eigenvalue weighted by Gasteiger charge is -2.25. The molecule has 0 aliphatic carbocycles. The average Bonchev–Trinajstić information content (AvgIpc) is 2.23. The Morgan fingerprint density at radius 2 is 1.87 bits per heavy atom. The Hall–Kier alpha value is -0.650. The summed E-state index contributed by atoms with van der Waals surface area (Å²) in [5.74, 6) is 0.285. The van der Waals surface area contributed by atoms with Gasteiger partial charge in [0.25, 0.3) is 0 Å². The molecule has 0 fully saturated rings. The molecule has 0 rings (SSSR count). The Kier molecular flexibility index (Phi) is 6.47. The third kappa shape index (κ3) is 6.43. The first kappa shape index (κ1) is 14.3. The Morgan fingerprint density at radius 1 is 1.33 bits per heavy atom. The van der Waals surface area contributed by atoms with Crippen LogP contribution in [0.4, 0.5) is 0 Å². The van der Waals surface area contributed by atoms with Crippen LogP contribution in [-0.4, -0.2) is 48.0 Å². The van der Waals surface area contributed by atoms with Crippen LogP contribution in [0.2, 0.25) is 0 Å². The van der Waals surface area contributed by atoms with Crippen LogP contribution < -0.4 is 10.6 Å². The largest absolute Gasteiger partial charge is 0.394 e. The highest BCUT2D eigenvalue weighted by molar-refractivity contribution is 5.78. The molecular formula is C10H22N2O3. The van der Waals surface area contributed by atoms with E-state index in [1.54, 1.807) is 6.92 Å². The molecule has 5 nitrogen and oxygen atoms in total. The summed E-state index contributed by atoms with van der Waals surface area (Å²) in [6, 6.07) is 0. The van der Waals surface area contributed by atoms with Crippen LogP contribution in [0.5, 0.6) is 0 Å². The van der Waals surface area contributed by atoms with Gasteiger partial charge >= 0.3 is 0 Å². The third-order valence-electron chi connectivity index (χ3n) is 2.08. The molecule has 0 aliphatic rings. The first-order chi connectivity index (χ1) is 6.93. The van der Waals surface area contributed by atoms with Gasteiger partial charge in [-0.15, -0.1) is 0 Å². The Labute approximate surface area is 90.9 Å². The van der Waals surface area contributed by atoms with Crippen LogP contribution in [0.15, 0.2) is 0 Å². The van der Waals surface area contributed by atoms with Crippen LogP contribution in [0.3, 0.4) is 0 Å². The highest BCUT2D eigenvalue weighted by Gasteiger charge is 2.22. The lowest BCUT2D eigenvalue weighted by Crippen LogP contribution is -2.52. The second-order valence-electron chi connectivity index (χ2n) is 4.43. The van der Waals surface area contributed by atoms with Gasteiger partial charge in [-0.05, 0) is 12.8 Å². The number of hydrogen-bond acceptors (Lipinski definition) is 4. The second-order valence-corrected chi connectivity index (χ2v) is 4.43. The molecule has 0 aromatic rings. The number of carbonyl (C=O) groups is 1. The number of carbonyl (C=O) groups excluding carboxylic acids is 1. The monoisotopic (exact) mass is 218 g/mol. The molecule has 0 saturated heterocycles.